The average molecular weight is 529 g/mol. The number of aliphatic imine (C=N–C) groups is 1. The van der Waals surface area contributed by atoms with E-state index in [0.29, 0.717) is 5.02 Å². The molecule has 0 saturated carbocycles. The van der Waals surface area contributed by atoms with E-state index in [-0.39, 0.29) is 0 Å². The fourth-order valence-electron chi connectivity index (χ4n) is 5.60. The summed E-state index contributed by atoms with van der Waals surface area (Å²) < 4.78 is 0. The summed E-state index contributed by atoms with van der Waals surface area (Å²) in [6.45, 7) is 5.42. The molecule has 1 saturated heterocycles. The molecule has 0 aliphatic carbocycles. The number of fused-ring (bicyclic) bond motifs is 2. The van der Waals surface area contributed by atoms with E-state index in [0.717, 1.165) is 54.6 Å². The number of halogens is 1. The van der Waals surface area contributed by atoms with E-state index in [1.165, 1.54) is 69.9 Å². The van der Waals surface area contributed by atoms with Crippen molar-refractivity contribution in [3.63, 3.8) is 0 Å². The summed E-state index contributed by atoms with van der Waals surface area (Å²) >= 11 is 6.31. The Morgan fingerprint density at radius 1 is 0.684 bits per heavy atom. The molecular weight excluding hydrogens is 488 g/mol. The number of aryl methyl sites for hydroxylation is 1. The van der Waals surface area contributed by atoms with Crippen molar-refractivity contribution < 1.29 is 0 Å². The van der Waals surface area contributed by atoms with Crippen LogP contribution in [-0.4, -0.2) is 48.4 Å². The molecule has 38 heavy (non-hydrogen) atoms. The van der Waals surface area contributed by atoms with E-state index >= 15 is 0 Å². The Bertz CT molecular complexity index is 1180. The highest BCUT2D eigenvalue weighted by molar-refractivity contribution is 6.31. The fourth-order valence-corrected chi connectivity index (χ4v) is 5.77. The summed E-state index contributed by atoms with van der Waals surface area (Å²) in [5, 5.41) is 4.28. The van der Waals surface area contributed by atoms with Gasteiger partial charge in [0.25, 0.3) is 0 Å². The molecule has 0 aromatic heterocycles. The van der Waals surface area contributed by atoms with E-state index in [9.17, 15) is 0 Å². The van der Waals surface area contributed by atoms with E-state index in [1.807, 2.05) is 18.2 Å². The number of amidine groups is 1. The monoisotopic (exact) mass is 528 g/mol. The smallest absolute Gasteiger partial charge is 0.138 e. The maximum Gasteiger partial charge on any atom is 0.138 e. The van der Waals surface area contributed by atoms with Crippen molar-refractivity contribution in [2.75, 3.05) is 38.0 Å². The molecule has 0 spiro atoms. The third-order valence-corrected chi connectivity index (χ3v) is 8.06. The minimum Gasteiger partial charge on any atom is -0.353 e. The van der Waals surface area contributed by atoms with Gasteiger partial charge in [0.05, 0.1) is 11.4 Å². The van der Waals surface area contributed by atoms with E-state index < -0.39 is 0 Å². The maximum atomic E-state index is 6.31. The van der Waals surface area contributed by atoms with E-state index in [1.54, 1.807) is 0 Å². The van der Waals surface area contributed by atoms with Crippen LogP contribution in [0.3, 0.4) is 0 Å². The summed E-state index contributed by atoms with van der Waals surface area (Å²) in [6, 6.07) is 25.3. The zero-order valence-corrected chi connectivity index (χ0v) is 23.3. The summed E-state index contributed by atoms with van der Waals surface area (Å²) in [4.78, 5) is 10.2. The lowest BCUT2D eigenvalue weighted by Crippen LogP contribution is -2.49. The van der Waals surface area contributed by atoms with Gasteiger partial charge in [-0.05, 0) is 61.7 Å². The predicted molar refractivity (Wildman–Crippen MR) is 162 cm³/mol. The van der Waals surface area contributed by atoms with Crippen LogP contribution in [0.25, 0.3) is 0 Å². The van der Waals surface area contributed by atoms with Gasteiger partial charge in [-0.3, -0.25) is 4.90 Å². The van der Waals surface area contributed by atoms with Gasteiger partial charge < -0.3 is 10.2 Å². The molecule has 0 radical (unpaired) electrons. The van der Waals surface area contributed by atoms with Crippen molar-refractivity contribution in [1.29, 1.82) is 0 Å². The van der Waals surface area contributed by atoms with Crippen molar-refractivity contribution in [1.82, 2.24) is 9.80 Å². The van der Waals surface area contributed by atoms with Gasteiger partial charge in [-0.1, -0.05) is 92.6 Å². The first-order chi connectivity index (χ1) is 18.8. The number of hydrogen-bond acceptors (Lipinski definition) is 4. The molecule has 4 nitrogen and oxygen atoms in total. The van der Waals surface area contributed by atoms with Crippen LogP contribution >= 0.6 is 11.6 Å². The van der Waals surface area contributed by atoms with Crippen molar-refractivity contribution >= 4 is 34.5 Å². The van der Waals surface area contributed by atoms with Gasteiger partial charge >= 0.3 is 0 Å². The minimum absolute atomic E-state index is 0.715. The molecule has 0 bridgehead atoms. The Balaban J connectivity index is 1.01. The average Bonchev–Trinajstić information content (AvgIpc) is 3.11. The Morgan fingerprint density at radius 2 is 1.37 bits per heavy atom. The summed E-state index contributed by atoms with van der Waals surface area (Å²) in [7, 11) is 0. The third kappa shape index (κ3) is 7.39. The molecule has 1 fully saturated rings. The van der Waals surface area contributed by atoms with Crippen molar-refractivity contribution in [3.05, 3.63) is 88.9 Å². The van der Waals surface area contributed by atoms with Gasteiger partial charge in [0.1, 0.15) is 5.84 Å². The molecule has 3 aromatic carbocycles. The molecule has 0 unspecified atom stereocenters. The molecule has 3 aromatic rings. The lowest BCUT2D eigenvalue weighted by atomic mass is 10.0. The lowest BCUT2D eigenvalue weighted by Gasteiger charge is -2.36. The Morgan fingerprint density at radius 3 is 2.16 bits per heavy atom. The normalized spacial score (nSPS) is 15.3. The first-order valence-electron chi connectivity index (χ1n) is 14.5. The van der Waals surface area contributed by atoms with Crippen molar-refractivity contribution in [3.8, 4) is 0 Å². The first kappa shape index (κ1) is 26.8. The quantitative estimate of drug-likeness (QED) is 0.253. The lowest BCUT2D eigenvalue weighted by molar-refractivity contribution is 0.179. The van der Waals surface area contributed by atoms with Crippen LogP contribution in [0.4, 0.5) is 17.1 Å². The van der Waals surface area contributed by atoms with Gasteiger partial charge in [0.15, 0.2) is 0 Å². The van der Waals surface area contributed by atoms with Gasteiger partial charge in [-0.25, -0.2) is 4.99 Å². The second-order valence-corrected chi connectivity index (χ2v) is 11.1. The molecule has 1 N–H and O–H groups in total. The molecule has 2 aliphatic rings. The fraction of sp³-hybridized carbons (Fsp3) is 0.424. The van der Waals surface area contributed by atoms with Crippen LogP contribution in [0.15, 0.2) is 77.8 Å². The second kappa shape index (κ2) is 13.8. The van der Waals surface area contributed by atoms with Gasteiger partial charge in [-0.2, -0.15) is 0 Å². The molecule has 5 heteroatoms. The van der Waals surface area contributed by atoms with Gasteiger partial charge in [0, 0.05) is 42.5 Å². The molecular formula is C33H41ClN4. The van der Waals surface area contributed by atoms with Crippen LogP contribution in [0.5, 0.6) is 0 Å². The van der Waals surface area contributed by atoms with Crippen LogP contribution < -0.4 is 5.32 Å². The van der Waals surface area contributed by atoms with E-state index in [4.69, 9.17) is 16.6 Å². The second-order valence-electron chi connectivity index (χ2n) is 10.7. The van der Waals surface area contributed by atoms with E-state index in [2.05, 4.69) is 69.7 Å². The maximum absolute atomic E-state index is 6.31. The Kier molecular flexibility index (Phi) is 9.74. The number of nitrogens with one attached hydrogen (secondary N) is 1. The molecule has 2 aliphatic heterocycles. The molecule has 2 heterocycles. The van der Waals surface area contributed by atoms with Gasteiger partial charge in [-0.15, -0.1) is 0 Å². The predicted octanol–water partition coefficient (Wildman–Crippen LogP) is 8.46. The Hall–Kier alpha value is -2.82. The highest BCUT2D eigenvalue weighted by Crippen LogP contribution is 2.36. The summed E-state index contributed by atoms with van der Waals surface area (Å²) in [5.74, 6) is 1.05. The number of unbranched alkanes of at least 4 members (excludes halogenated alkanes) is 7. The van der Waals surface area contributed by atoms with Crippen LogP contribution in [0.2, 0.25) is 5.02 Å². The molecule has 200 valence electrons. The Labute approximate surface area is 233 Å². The standard InChI is InChI=1S/C33H41ClN4/c34-28-19-20-31-32(26-28)36-33(29-17-11-12-18-30(29)35-31)38-24-22-37(23-25-38)21-13-6-4-2-1-3-5-8-14-27-15-9-7-10-16-27/h7,9-12,15-20,26,35H,1-6,8,13-14,21-25H2. The van der Waals surface area contributed by atoms with Crippen LogP contribution in [0, 0.1) is 0 Å². The third-order valence-electron chi connectivity index (χ3n) is 7.83. The molecule has 0 amide bonds. The molecule has 5 rings (SSSR count). The summed E-state index contributed by atoms with van der Waals surface area (Å²) in [5.41, 5.74) is 5.65. The number of anilines is 2. The SMILES string of the molecule is Clc1ccc2c(c1)N=C(N1CCN(CCCCCCCCCCc3ccccc3)CC1)c1ccccc1N2. The number of nitrogens with zero attached hydrogens (tertiary/aromatic N) is 3. The number of hydrogen-bond donors (Lipinski definition) is 1. The number of para-hydroxylation sites is 1. The van der Waals surface area contributed by atoms with Crippen molar-refractivity contribution in [2.45, 2.75) is 57.8 Å². The van der Waals surface area contributed by atoms with Crippen LogP contribution in [0.1, 0.15) is 62.5 Å². The number of piperazine rings is 1. The molecule has 0 atom stereocenters. The zero-order chi connectivity index (χ0) is 26.0. The van der Waals surface area contributed by atoms with Gasteiger partial charge in [0.2, 0.25) is 0 Å². The highest BCUT2D eigenvalue weighted by Gasteiger charge is 2.24. The zero-order valence-electron chi connectivity index (χ0n) is 22.5. The number of rotatable bonds is 11. The largest absolute Gasteiger partial charge is 0.353 e. The number of benzene rings is 3. The minimum atomic E-state index is 0.715. The first-order valence-corrected chi connectivity index (χ1v) is 14.9. The summed E-state index contributed by atoms with van der Waals surface area (Å²) in [6.07, 6.45) is 12.1. The van der Waals surface area contributed by atoms with Crippen LogP contribution in [-0.2, 0) is 6.42 Å². The van der Waals surface area contributed by atoms with Crippen molar-refractivity contribution in [2.24, 2.45) is 4.99 Å². The topological polar surface area (TPSA) is 30.9 Å². The highest BCUT2D eigenvalue weighted by atomic mass is 35.5.